The summed E-state index contributed by atoms with van der Waals surface area (Å²) < 4.78 is 3.42. The molecule has 0 spiro atoms. The van der Waals surface area contributed by atoms with Gasteiger partial charge < -0.3 is 5.73 Å². The van der Waals surface area contributed by atoms with E-state index in [-0.39, 0.29) is 12.2 Å². The number of ketones is 1. The molecule has 108 valence electrons. The molecule has 1 atom stereocenters. The zero-order chi connectivity index (χ0) is 15.0. The first-order valence-corrected chi connectivity index (χ1v) is 6.73. The summed E-state index contributed by atoms with van der Waals surface area (Å²) in [6, 6.07) is 7.19. The average Bonchev–Trinajstić information content (AvgIpc) is 3.04. The molecule has 3 aromatic rings. The number of fused-ring (bicyclic) bond motifs is 1. The molecule has 6 nitrogen and oxygen atoms in total. The molecule has 6 heteroatoms. The number of aryl methyl sites for hydroxylation is 2. The van der Waals surface area contributed by atoms with Crippen LogP contribution in [0, 0.1) is 0 Å². The third-order valence-corrected chi connectivity index (χ3v) is 3.61. The van der Waals surface area contributed by atoms with E-state index in [0.717, 1.165) is 22.2 Å². The number of carbonyl (C=O) groups is 1. The summed E-state index contributed by atoms with van der Waals surface area (Å²) in [5.41, 5.74) is 8.51. The lowest BCUT2D eigenvalue weighted by Gasteiger charge is -2.07. The number of Topliss-reactive ketones (excluding diaryl/α,β-unsaturated/α-hetero) is 1. The highest BCUT2D eigenvalue weighted by Gasteiger charge is 2.20. The van der Waals surface area contributed by atoms with Crippen LogP contribution in [0.1, 0.15) is 17.3 Å². The molecule has 0 aliphatic heterocycles. The van der Waals surface area contributed by atoms with E-state index in [9.17, 15) is 4.79 Å². The molecule has 0 fully saturated rings. The van der Waals surface area contributed by atoms with Crippen LogP contribution in [-0.4, -0.2) is 25.3 Å². The van der Waals surface area contributed by atoms with Crippen LogP contribution in [-0.2, 0) is 25.3 Å². The summed E-state index contributed by atoms with van der Waals surface area (Å²) in [7, 11) is 3.67. The van der Waals surface area contributed by atoms with Gasteiger partial charge >= 0.3 is 0 Å². The Hall–Kier alpha value is -2.47. The molecule has 3 rings (SSSR count). The number of rotatable bonds is 4. The Bertz CT molecular complexity index is 801. The highest BCUT2D eigenvalue weighted by molar-refractivity contribution is 5.91. The molecule has 1 unspecified atom stereocenters. The number of nitrogens with two attached hydrogens (primary N) is 1. The second-order valence-electron chi connectivity index (χ2n) is 5.16. The van der Waals surface area contributed by atoms with Gasteiger partial charge in [0.1, 0.15) is 0 Å². The Morgan fingerprint density at radius 1 is 1.33 bits per heavy atom. The molecule has 21 heavy (non-hydrogen) atoms. The number of aromatic nitrogens is 4. The lowest BCUT2D eigenvalue weighted by atomic mass is 10.0. The second-order valence-corrected chi connectivity index (χ2v) is 5.16. The standard InChI is InChI=1S/C15H17N5O/c1-19-9-10(8-17-19)15(16)14(21)7-12-11-5-3-4-6-13(11)20(2)18-12/h3-6,8-9,15H,7,16H2,1-2H3. The first-order chi connectivity index (χ1) is 10.1. The van der Waals surface area contributed by atoms with Gasteiger partial charge in [-0.2, -0.15) is 10.2 Å². The van der Waals surface area contributed by atoms with Crippen LogP contribution in [0.2, 0.25) is 0 Å². The smallest absolute Gasteiger partial charge is 0.160 e. The van der Waals surface area contributed by atoms with Crippen LogP contribution in [0.15, 0.2) is 36.7 Å². The predicted octanol–water partition coefficient (Wildman–Crippen LogP) is 1.12. The molecule has 0 radical (unpaired) electrons. The number of benzene rings is 1. The van der Waals surface area contributed by atoms with Gasteiger partial charge in [0, 0.05) is 31.2 Å². The molecule has 0 saturated heterocycles. The van der Waals surface area contributed by atoms with Gasteiger partial charge in [0.15, 0.2) is 5.78 Å². The lowest BCUT2D eigenvalue weighted by molar-refractivity contribution is -0.119. The Morgan fingerprint density at radius 2 is 2.10 bits per heavy atom. The van der Waals surface area contributed by atoms with Crippen LogP contribution < -0.4 is 5.73 Å². The molecule has 0 aliphatic carbocycles. The SMILES string of the molecule is Cn1cc(C(N)C(=O)Cc2nn(C)c3ccccc23)cn1. The Balaban J connectivity index is 1.86. The highest BCUT2D eigenvalue weighted by atomic mass is 16.1. The maximum Gasteiger partial charge on any atom is 0.160 e. The van der Waals surface area contributed by atoms with Crippen molar-refractivity contribution in [1.29, 1.82) is 0 Å². The van der Waals surface area contributed by atoms with Crippen molar-refractivity contribution in [3.63, 3.8) is 0 Å². The number of hydrogen-bond donors (Lipinski definition) is 1. The molecular weight excluding hydrogens is 266 g/mol. The summed E-state index contributed by atoms with van der Waals surface area (Å²) in [6.07, 6.45) is 3.61. The normalized spacial score (nSPS) is 12.7. The van der Waals surface area contributed by atoms with Crippen LogP contribution in [0.25, 0.3) is 10.9 Å². The van der Waals surface area contributed by atoms with Gasteiger partial charge in [-0.15, -0.1) is 0 Å². The summed E-state index contributed by atoms with van der Waals surface area (Å²) >= 11 is 0. The van der Waals surface area contributed by atoms with Crippen LogP contribution in [0.5, 0.6) is 0 Å². The number of para-hydroxylation sites is 1. The molecule has 2 heterocycles. The van der Waals surface area contributed by atoms with Crippen molar-refractivity contribution < 1.29 is 4.79 Å². The van der Waals surface area contributed by atoms with Crippen molar-refractivity contribution in [2.45, 2.75) is 12.5 Å². The van der Waals surface area contributed by atoms with Gasteiger partial charge in [0.2, 0.25) is 0 Å². The summed E-state index contributed by atoms with van der Waals surface area (Å²) in [4.78, 5) is 12.4. The predicted molar refractivity (Wildman–Crippen MR) is 79.6 cm³/mol. The molecular formula is C15H17N5O. The highest BCUT2D eigenvalue weighted by Crippen LogP contribution is 2.20. The maximum atomic E-state index is 12.4. The van der Waals surface area contributed by atoms with E-state index >= 15 is 0 Å². The molecule has 0 bridgehead atoms. The monoisotopic (exact) mass is 283 g/mol. The fourth-order valence-electron chi connectivity index (χ4n) is 2.48. The summed E-state index contributed by atoms with van der Waals surface area (Å²) in [5, 5.41) is 9.47. The van der Waals surface area contributed by atoms with Crippen LogP contribution in [0.3, 0.4) is 0 Å². The minimum Gasteiger partial charge on any atom is -0.318 e. The van der Waals surface area contributed by atoms with Crippen molar-refractivity contribution in [2.75, 3.05) is 0 Å². The number of hydrogen-bond acceptors (Lipinski definition) is 4. The largest absolute Gasteiger partial charge is 0.318 e. The number of nitrogens with zero attached hydrogens (tertiary/aromatic N) is 4. The maximum absolute atomic E-state index is 12.4. The molecule has 2 N–H and O–H groups in total. The molecule has 2 aromatic heterocycles. The fraction of sp³-hybridized carbons (Fsp3) is 0.267. The Morgan fingerprint density at radius 3 is 2.81 bits per heavy atom. The van der Waals surface area contributed by atoms with E-state index in [1.54, 1.807) is 28.8 Å². The van der Waals surface area contributed by atoms with Crippen molar-refractivity contribution >= 4 is 16.7 Å². The van der Waals surface area contributed by atoms with E-state index in [2.05, 4.69) is 10.2 Å². The van der Waals surface area contributed by atoms with Crippen LogP contribution in [0.4, 0.5) is 0 Å². The Labute approximate surface area is 122 Å². The molecule has 0 amide bonds. The summed E-state index contributed by atoms with van der Waals surface area (Å²) in [5.74, 6) is -0.0631. The van der Waals surface area contributed by atoms with E-state index in [1.807, 2.05) is 31.3 Å². The van der Waals surface area contributed by atoms with Gasteiger partial charge in [0.05, 0.1) is 29.9 Å². The zero-order valence-electron chi connectivity index (χ0n) is 12.0. The first kappa shape index (κ1) is 13.5. The van der Waals surface area contributed by atoms with Crippen LogP contribution >= 0.6 is 0 Å². The third kappa shape index (κ3) is 2.45. The van der Waals surface area contributed by atoms with Gasteiger partial charge in [0.25, 0.3) is 0 Å². The number of carbonyl (C=O) groups excluding carboxylic acids is 1. The van der Waals surface area contributed by atoms with Crippen molar-refractivity contribution in [3.05, 3.63) is 47.9 Å². The van der Waals surface area contributed by atoms with Crippen molar-refractivity contribution in [1.82, 2.24) is 19.6 Å². The van der Waals surface area contributed by atoms with Gasteiger partial charge in [-0.1, -0.05) is 18.2 Å². The third-order valence-electron chi connectivity index (χ3n) is 3.61. The minimum absolute atomic E-state index is 0.0631. The van der Waals surface area contributed by atoms with Crippen molar-refractivity contribution in [2.24, 2.45) is 19.8 Å². The minimum atomic E-state index is -0.667. The Kier molecular flexibility index (Phi) is 3.31. The van der Waals surface area contributed by atoms with Gasteiger partial charge in [-0.3, -0.25) is 14.2 Å². The van der Waals surface area contributed by atoms with E-state index < -0.39 is 6.04 Å². The van der Waals surface area contributed by atoms with E-state index in [0.29, 0.717) is 0 Å². The average molecular weight is 283 g/mol. The van der Waals surface area contributed by atoms with Gasteiger partial charge in [-0.05, 0) is 6.07 Å². The quantitative estimate of drug-likeness (QED) is 0.778. The fourth-order valence-corrected chi connectivity index (χ4v) is 2.48. The lowest BCUT2D eigenvalue weighted by Crippen LogP contribution is -2.23. The van der Waals surface area contributed by atoms with E-state index in [1.165, 1.54) is 0 Å². The second kappa shape index (κ2) is 5.14. The summed E-state index contributed by atoms with van der Waals surface area (Å²) in [6.45, 7) is 0. The zero-order valence-corrected chi connectivity index (χ0v) is 12.0. The van der Waals surface area contributed by atoms with Gasteiger partial charge in [-0.25, -0.2) is 0 Å². The molecule has 0 aliphatic rings. The first-order valence-electron chi connectivity index (χ1n) is 6.73. The molecule has 1 aromatic carbocycles. The van der Waals surface area contributed by atoms with Crippen molar-refractivity contribution in [3.8, 4) is 0 Å². The topological polar surface area (TPSA) is 78.7 Å². The molecule has 0 saturated carbocycles. The van der Waals surface area contributed by atoms with E-state index in [4.69, 9.17) is 5.73 Å².